The van der Waals surface area contributed by atoms with Crippen molar-refractivity contribution in [2.75, 3.05) is 5.32 Å². The van der Waals surface area contributed by atoms with Crippen molar-refractivity contribution in [2.45, 2.75) is 20.1 Å². The third-order valence-electron chi connectivity index (χ3n) is 2.53. The second-order valence-corrected chi connectivity index (χ2v) is 5.01. The molecular formula is C13H14IN3O2. The van der Waals surface area contributed by atoms with Crippen molar-refractivity contribution >= 4 is 34.5 Å². The number of carbonyl (C=O) groups excluding carboxylic acids is 1. The summed E-state index contributed by atoms with van der Waals surface area (Å²) in [6, 6.07) is 9.56. The van der Waals surface area contributed by atoms with Gasteiger partial charge in [0, 0.05) is 6.54 Å². The molecule has 0 saturated carbocycles. The number of benzene rings is 1. The molecule has 1 N–H and O–H groups in total. The molecule has 19 heavy (non-hydrogen) atoms. The number of rotatable bonds is 4. The molecule has 1 amide bonds. The summed E-state index contributed by atoms with van der Waals surface area (Å²) in [6.07, 6.45) is 1.23. The van der Waals surface area contributed by atoms with Crippen molar-refractivity contribution < 1.29 is 9.53 Å². The highest BCUT2D eigenvalue weighted by atomic mass is 127. The number of nitrogens with zero attached hydrogens (tertiary/aromatic N) is 2. The number of carbonyl (C=O) groups is 1. The summed E-state index contributed by atoms with van der Waals surface area (Å²) in [5.41, 5.74) is 0.955. The first-order valence-electron chi connectivity index (χ1n) is 5.89. The van der Waals surface area contributed by atoms with E-state index in [1.165, 1.54) is 0 Å². The molecule has 6 heteroatoms. The first-order chi connectivity index (χ1) is 9.20. The lowest BCUT2D eigenvalue weighted by atomic mass is 10.2. The highest BCUT2D eigenvalue weighted by Gasteiger charge is 2.11. The molecule has 0 aliphatic heterocycles. The van der Waals surface area contributed by atoms with E-state index >= 15 is 0 Å². The quantitative estimate of drug-likeness (QED) is 0.840. The Morgan fingerprint density at radius 1 is 1.42 bits per heavy atom. The van der Waals surface area contributed by atoms with Crippen molar-refractivity contribution in [1.29, 1.82) is 0 Å². The zero-order valence-corrected chi connectivity index (χ0v) is 12.6. The molecule has 1 aromatic heterocycles. The fourth-order valence-electron chi connectivity index (χ4n) is 1.58. The summed E-state index contributed by atoms with van der Waals surface area (Å²) in [4.78, 5) is 11.7. The van der Waals surface area contributed by atoms with Crippen LogP contribution in [0.2, 0.25) is 0 Å². The van der Waals surface area contributed by atoms with Crippen LogP contribution in [-0.4, -0.2) is 15.9 Å². The minimum Gasteiger partial charge on any atom is -0.444 e. The monoisotopic (exact) mass is 371 g/mol. The van der Waals surface area contributed by atoms with E-state index in [1.54, 1.807) is 10.9 Å². The Hall–Kier alpha value is -1.57. The number of nitrogens with one attached hydrogen (secondary N) is 1. The fraction of sp³-hybridized carbons (Fsp3) is 0.231. The van der Waals surface area contributed by atoms with E-state index < -0.39 is 6.09 Å². The zero-order valence-electron chi connectivity index (χ0n) is 10.5. The second-order valence-electron chi connectivity index (χ2n) is 3.84. The molecule has 2 rings (SSSR count). The minimum absolute atomic E-state index is 0.253. The first kappa shape index (κ1) is 13.9. The largest absolute Gasteiger partial charge is 0.444 e. The van der Waals surface area contributed by atoms with Gasteiger partial charge < -0.3 is 4.74 Å². The van der Waals surface area contributed by atoms with Gasteiger partial charge in [-0.3, -0.25) is 5.32 Å². The van der Waals surface area contributed by atoms with E-state index in [9.17, 15) is 4.79 Å². The standard InChI is InChI=1S/C13H14IN3O2/c1-2-17-12(11(14)8-15-17)16-13(18)19-9-10-6-4-3-5-7-10/h3-8H,2,9H2,1H3,(H,16,18). The van der Waals surface area contributed by atoms with Crippen molar-refractivity contribution in [3.05, 3.63) is 45.7 Å². The molecule has 0 saturated heterocycles. The van der Waals surface area contributed by atoms with E-state index in [0.29, 0.717) is 12.4 Å². The van der Waals surface area contributed by atoms with Crippen LogP contribution in [0, 0.1) is 3.57 Å². The van der Waals surface area contributed by atoms with Crippen LogP contribution in [0.5, 0.6) is 0 Å². The summed E-state index contributed by atoms with van der Waals surface area (Å²) in [5.74, 6) is 0.668. The van der Waals surface area contributed by atoms with Gasteiger partial charge >= 0.3 is 6.09 Å². The van der Waals surface area contributed by atoms with Crippen LogP contribution in [0.1, 0.15) is 12.5 Å². The van der Waals surface area contributed by atoms with Crippen molar-refractivity contribution in [3.8, 4) is 0 Å². The van der Waals surface area contributed by atoms with Crippen LogP contribution < -0.4 is 5.32 Å². The predicted molar refractivity (Wildman–Crippen MR) is 80.9 cm³/mol. The second kappa shape index (κ2) is 6.55. The molecule has 0 radical (unpaired) electrons. The smallest absolute Gasteiger partial charge is 0.413 e. The Labute approximate surface area is 125 Å². The highest BCUT2D eigenvalue weighted by molar-refractivity contribution is 14.1. The average Bonchev–Trinajstić information content (AvgIpc) is 2.78. The molecule has 0 aliphatic rings. The molecule has 5 nitrogen and oxygen atoms in total. The Kier molecular flexibility index (Phi) is 4.78. The Morgan fingerprint density at radius 3 is 2.84 bits per heavy atom. The third kappa shape index (κ3) is 3.69. The predicted octanol–water partition coefficient (Wildman–Crippen LogP) is 3.26. The molecule has 1 aromatic carbocycles. The number of hydrogen-bond acceptors (Lipinski definition) is 3. The number of aryl methyl sites for hydroxylation is 1. The van der Waals surface area contributed by atoms with E-state index in [0.717, 1.165) is 9.13 Å². The van der Waals surface area contributed by atoms with Gasteiger partial charge in [-0.15, -0.1) is 0 Å². The molecule has 0 atom stereocenters. The van der Waals surface area contributed by atoms with Crippen LogP contribution in [0.15, 0.2) is 36.5 Å². The Morgan fingerprint density at radius 2 is 2.16 bits per heavy atom. The summed E-state index contributed by atoms with van der Waals surface area (Å²) < 4.78 is 7.76. The van der Waals surface area contributed by atoms with Gasteiger partial charge in [0.25, 0.3) is 0 Å². The number of ether oxygens (including phenoxy) is 1. The SMILES string of the molecule is CCn1ncc(I)c1NC(=O)OCc1ccccc1. The van der Waals surface area contributed by atoms with Gasteiger partial charge in [0.2, 0.25) is 0 Å². The van der Waals surface area contributed by atoms with Gasteiger partial charge in [-0.2, -0.15) is 5.10 Å². The lowest BCUT2D eigenvalue weighted by molar-refractivity contribution is 0.155. The van der Waals surface area contributed by atoms with Crippen molar-refractivity contribution in [3.63, 3.8) is 0 Å². The molecule has 0 unspecified atom stereocenters. The van der Waals surface area contributed by atoms with Crippen LogP contribution in [0.4, 0.5) is 10.6 Å². The summed E-state index contributed by atoms with van der Waals surface area (Å²) in [5, 5.41) is 6.86. The Bertz CT molecular complexity index is 554. The van der Waals surface area contributed by atoms with Gasteiger partial charge in [0.05, 0.1) is 9.77 Å². The molecular weight excluding hydrogens is 357 g/mol. The molecule has 0 spiro atoms. The van der Waals surface area contributed by atoms with E-state index in [-0.39, 0.29) is 6.61 Å². The highest BCUT2D eigenvalue weighted by Crippen LogP contribution is 2.17. The normalized spacial score (nSPS) is 10.2. The van der Waals surface area contributed by atoms with Crippen LogP contribution in [-0.2, 0) is 17.9 Å². The average molecular weight is 371 g/mol. The van der Waals surface area contributed by atoms with Crippen LogP contribution in [0.25, 0.3) is 0 Å². The first-order valence-corrected chi connectivity index (χ1v) is 6.97. The Balaban J connectivity index is 1.93. The van der Waals surface area contributed by atoms with Gasteiger partial charge in [-0.1, -0.05) is 30.3 Å². The summed E-state index contributed by atoms with van der Waals surface area (Å²) in [6.45, 7) is 2.91. The van der Waals surface area contributed by atoms with Gasteiger partial charge in [0.1, 0.15) is 12.4 Å². The summed E-state index contributed by atoms with van der Waals surface area (Å²) >= 11 is 2.12. The fourth-order valence-corrected chi connectivity index (χ4v) is 2.12. The lowest BCUT2D eigenvalue weighted by Crippen LogP contribution is -2.17. The minimum atomic E-state index is -0.475. The number of anilines is 1. The van der Waals surface area contributed by atoms with E-state index in [4.69, 9.17) is 4.74 Å². The van der Waals surface area contributed by atoms with Gasteiger partial charge in [-0.25, -0.2) is 9.48 Å². The number of aromatic nitrogens is 2. The van der Waals surface area contributed by atoms with Crippen LogP contribution >= 0.6 is 22.6 Å². The molecule has 0 aliphatic carbocycles. The van der Waals surface area contributed by atoms with E-state index in [1.807, 2.05) is 37.3 Å². The van der Waals surface area contributed by atoms with Gasteiger partial charge in [-0.05, 0) is 35.1 Å². The summed E-state index contributed by atoms with van der Waals surface area (Å²) in [7, 11) is 0. The van der Waals surface area contributed by atoms with Crippen molar-refractivity contribution in [1.82, 2.24) is 9.78 Å². The van der Waals surface area contributed by atoms with Gasteiger partial charge in [0.15, 0.2) is 0 Å². The van der Waals surface area contributed by atoms with Crippen LogP contribution in [0.3, 0.4) is 0 Å². The maximum atomic E-state index is 11.7. The lowest BCUT2D eigenvalue weighted by Gasteiger charge is -2.09. The van der Waals surface area contributed by atoms with E-state index in [2.05, 4.69) is 33.0 Å². The molecule has 0 fully saturated rings. The topological polar surface area (TPSA) is 56.2 Å². The molecule has 100 valence electrons. The number of amides is 1. The van der Waals surface area contributed by atoms with Crippen molar-refractivity contribution in [2.24, 2.45) is 0 Å². The molecule has 2 aromatic rings. The number of halogens is 1. The molecule has 0 bridgehead atoms. The maximum Gasteiger partial charge on any atom is 0.413 e. The maximum absolute atomic E-state index is 11.7. The molecule has 1 heterocycles. The zero-order chi connectivity index (χ0) is 13.7. The third-order valence-corrected chi connectivity index (χ3v) is 3.32. The number of hydrogen-bond donors (Lipinski definition) is 1.